The van der Waals surface area contributed by atoms with Crippen molar-refractivity contribution in [1.29, 1.82) is 0 Å². The number of fused-ring (bicyclic) bond motifs is 1. The van der Waals surface area contributed by atoms with Crippen LogP contribution < -0.4 is 10.1 Å². The second kappa shape index (κ2) is 9.36. The second-order valence-corrected chi connectivity index (χ2v) is 8.48. The molecule has 4 aromatic rings. The maximum atomic E-state index is 12.8. The number of thioether (sulfide) groups is 1. The van der Waals surface area contributed by atoms with Crippen LogP contribution in [-0.2, 0) is 11.3 Å². The lowest BCUT2D eigenvalue weighted by Gasteiger charge is -2.26. The van der Waals surface area contributed by atoms with Crippen molar-refractivity contribution in [2.75, 3.05) is 12.4 Å². The summed E-state index contributed by atoms with van der Waals surface area (Å²) in [6, 6.07) is 21.8. The molecule has 1 unspecified atom stereocenters. The summed E-state index contributed by atoms with van der Waals surface area (Å²) in [5.41, 5.74) is 3.09. The van der Waals surface area contributed by atoms with E-state index in [1.54, 1.807) is 6.26 Å². The fourth-order valence-corrected chi connectivity index (χ4v) is 4.67. The Hall–Kier alpha value is -3.45. The molecule has 1 N–H and O–H groups in total. The number of imidazole rings is 1. The maximum absolute atomic E-state index is 12.8. The zero-order chi connectivity index (χ0) is 21.8. The van der Waals surface area contributed by atoms with Crippen molar-refractivity contribution in [2.24, 2.45) is 0 Å². The van der Waals surface area contributed by atoms with Crippen LogP contribution in [0.2, 0.25) is 0 Å². The molecule has 0 aliphatic carbocycles. The quantitative estimate of drug-likeness (QED) is 0.409. The molecule has 3 heterocycles. The summed E-state index contributed by atoms with van der Waals surface area (Å²) in [7, 11) is 0. The number of benzene rings is 2. The number of carbonyl (C=O) groups is 1. The molecule has 0 spiro atoms. The van der Waals surface area contributed by atoms with Crippen molar-refractivity contribution < 1.29 is 13.9 Å². The smallest absolute Gasteiger partial charge is 0.230 e. The summed E-state index contributed by atoms with van der Waals surface area (Å²) in [5, 5.41) is 3.93. The highest BCUT2D eigenvalue weighted by Crippen LogP contribution is 2.32. The van der Waals surface area contributed by atoms with E-state index in [9.17, 15) is 4.79 Å². The molecule has 0 bridgehead atoms. The minimum Gasteiger partial charge on any atom is -0.493 e. The molecule has 0 saturated carbocycles. The van der Waals surface area contributed by atoms with Crippen molar-refractivity contribution >= 4 is 17.7 Å². The Morgan fingerprint density at radius 3 is 2.78 bits per heavy atom. The van der Waals surface area contributed by atoms with Crippen molar-refractivity contribution in [3.63, 3.8) is 0 Å². The highest BCUT2D eigenvalue weighted by molar-refractivity contribution is 7.99. The van der Waals surface area contributed by atoms with E-state index in [-0.39, 0.29) is 17.7 Å². The number of aromatic nitrogens is 2. The number of rotatable bonds is 7. The average Bonchev–Trinajstić information content (AvgIpc) is 3.49. The number of ether oxygens (including phenoxy) is 1. The Labute approximate surface area is 190 Å². The lowest BCUT2D eigenvalue weighted by Crippen LogP contribution is -2.33. The standard InChI is InChI=1S/C25H23N3O3S/c29-24(27-21-12-14-31-23-11-5-4-10-20(21)23)17-32-25-26-15-22(18-7-2-1-3-8-18)28(25)16-19-9-6-13-30-19/h1-11,13,15,21H,12,14,16-17H2,(H,27,29). The molecule has 1 aliphatic rings. The summed E-state index contributed by atoms with van der Waals surface area (Å²) in [6.07, 6.45) is 4.28. The molecule has 0 radical (unpaired) electrons. The van der Waals surface area contributed by atoms with E-state index in [1.807, 2.05) is 60.8 Å². The lowest BCUT2D eigenvalue weighted by atomic mass is 10.0. The van der Waals surface area contributed by atoms with Gasteiger partial charge < -0.3 is 19.0 Å². The fourth-order valence-electron chi connectivity index (χ4n) is 3.88. The minimum absolute atomic E-state index is 0.0227. The van der Waals surface area contributed by atoms with E-state index in [4.69, 9.17) is 9.15 Å². The number of hydrogen-bond donors (Lipinski definition) is 1. The summed E-state index contributed by atoms with van der Waals surface area (Å²) < 4.78 is 13.4. The first-order chi connectivity index (χ1) is 15.8. The van der Waals surface area contributed by atoms with Gasteiger partial charge >= 0.3 is 0 Å². The van der Waals surface area contributed by atoms with Crippen LogP contribution >= 0.6 is 11.8 Å². The molecule has 1 atom stereocenters. The molecule has 2 aromatic carbocycles. The highest BCUT2D eigenvalue weighted by Gasteiger charge is 2.23. The number of nitrogens with zero attached hydrogens (tertiary/aromatic N) is 2. The van der Waals surface area contributed by atoms with Crippen LogP contribution in [0.4, 0.5) is 0 Å². The third-order valence-corrected chi connectivity index (χ3v) is 6.40. The molecule has 32 heavy (non-hydrogen) atoms. The maximum Gasteiger partial charge on any atom is 0.230 e. The number of furan rings is 1. The van der Waals surface area contributed by atoms with Gasteiger partial charge in [-0.15, -0.1) is 0 Å². The van der Waals surface area contributed by atoms with Gasteiger partial charge in [-0.2, -0.15) is 0 Å². The summed E-state index contributed by atoms with van der Waals surface area (Å²) in [4.78, 5) is 17.4. The number of nitrogens with one attached hydrogen (secondary N) is 1. The van der Waals surface area contributed by atoms with Crippen LogP contribution in [0.3, 0.4) is 0 Å². The zero-order valence-electron chi connectivity index (χ0n) is 17.4. The monoisotopic (exact) mass is 445 g/mol. The van der Waals surface area contributed by atoms with Gasteiger partial charge in [0.15, 0.2) is 5.16 Å². The highest BCUT2D eigenvalue weighted by atomic mass is 32.2. The molecule has 1 aliphatic heterocycles. The first-order valence-corrected chi connectivity index (χ1v) is 11.5. The minimum atomic E-state index is -0.0317. The van der Waals surface area contributed by atoms with Gasteiger partial charge in [0.25, 0.3) is 0 Å². The van der Waals surface area contributed by atoms with Gasteiger partial charge in [-0.05, 0) is 23.8 Å². The third-order valence-electron chi connectivity index (χ3n) is 5.41. The van der Waals surface area contributed by atoms with Gasteiger partial charge in [0, 0.05) is 12.0 Å². The zero-order valence-corrected chi connectivity index (χ0v) is 18.3. The Morgan fingerprint density at radius 1 is 1.09 bits per heavy atom. The number of amides is 1. The first-order valence-electron chi connectivity index (χ1n) is 10.5. The third kappa shape index (κ3) is 4.43. The second-order valence-electron chi connectivity index (χ2n) is 7.54. The molecular formula is C25H23N3O3S. The van der Waals surface area contributed by atoms with Crippen molar-refractivity contribution in [3.05, 3.63) is 90.5 Å². The normalized spacial score (nSPS) is 15.1. The van der Waals surface area contributed by atoms with Crippen molar-refractivity contribution in [3.8, 4) is 17.0 Å². The van der Waals surface area contributed by atoms with Crippen LogP contribution in [-0.4, -0.2) is 27.8 Å². The predicted octanol–water partition coefficient (Wildman–Crippen LogP) is 4.92. The van der Waals surface area contributed by atoms with Gasteiger partial charge in [-0.1, -0.05) is 60.3 Å². The molecular weight excluding hydrogens is 422 g/mol. The average molecular weight is 446 g/mol. The van der Waals surface area contributed by atoms with Gasteiger partial charge in [0.05, 0.1) is 43.1 Å². The Morgan fingerprint density at radius 2 is 1.94 bits per heavy atom. The van der Waals surface area contributed by atoms with E-state index >= 15 is 0 Å². The summed E-state index contributed by atoms with van der Waals surface area (Å²) in [5.74, 6) is 1.94. The Balaban J connectivity index is 1.31. The van der Waals surface area contributed by atoms with Gasteiger partial charge in [0.1, 0.15) is 11.5 Å². The van der Waals surface area contributed by atoms with Crippen LogP contribution in [0.15, 0.2) is 88.8 Å². The van der Waals surface area contributed by atoms with Crippen LogP contribution in [0.25, 0.3) is 11.3 Å². The number of para-hydroxylation sites is 1. The van der Waals surface area contributed by atoms with E-state index in [0.717, 1.165) is 39.9 Å². The summed E-state index contributed by atoms with van der Waals surface area (Å²) >= 11 is 1.43. The van der Waals surface area contributed by atoms with Gasteiger partial charge in [-0.3, -0.25) is 4.79 Å². The molecule has 2 aromatic heterocycles. The van der Waals surface area contributed by atoms with E-state index in [0.29, 0.717) is 13.2 Å². The molecule has 1 amide bonds. The molecule has 5 rings (SSSR count). The Bertz CT molecular complexity index is 1190. The van der Waals surface area contributed by atoms with Gasteiger partial charge in [0.2, 0.25) is 5.91 Å². The molecule has 0 saturated heterocycles. The molecule has 6 nitrogen and oxygen atoms in total. The first kappa shape index (κ1) is 20.5. The Kier molecular flexibility index (Phi) is 5.98. The molecule has 7 heteroatoms. The van der Waals surface area contributed by atoms with Gasteiger partial charge in [-0.25, -0.2) is 4.98 Å². The van der Waals surface area contributed by atoms with E-state index in [1.165, 1.54) is 11.8 Å². The van der Waals surface area contributed by atoms with Crippen LogP contribution in [0, 0.1) is 0 Å². The largest absolute Gasteiger partial charge is 0.493 e. The van der Waals surface area contributed by atoms with E-state index in [2.05, 4.69) is 27.0 Å². The fraction of sp³-hybridized carbons (Fsp3) is 0.200. The van der Waals surface area contributed by atoms with E-state index < -0.39 is 0 Å². The topological polar surface area (TPSA) is 69.3 Å². The van der Waals surface area contributed by atoms with Crippen molar-refractivity contribution in [1.82, 2.24) is 14.9 Å². The van der Waals surface area contributed by atoms with Crippen LogP contribution in [0.1, 0.15) is 23.8 Å². The molecule has 0 fully saturated rings. The number of carbonyl (C=O) groups excluding carboxylic acids is 1. The van der Waals surface area contributed by atoms with Crippen molar-refractivity contribution in [2.45, 2.75) is 24.2 Å². The lowest BCUT2D eigenvalue weighted by molar-refractivity contribution is -0.119. The molecule has 162 valence electrons. The summed E-state index contributed by atoms with van der Waals surface area (Å²) in [6.45, 7) is 1.15. The van der Waals surface area contributed by atoms with Crippen LogP contribution in [0.5, 0.6) is 5.75 Å². The predicted molar refractivity (Wildman–Crippen MR) is 124 cm³/mol. The number of hydrogen-bond acceptors (Lipinski definition) is 5. The SMILES string of the molecule is O=C(CSc1ncc(-c2ccccc2)n1Cc1ccco1)NC1CCOc2ccccc21.